The number of ether oxygens (including phenoxy) is 2. The zero-order valence-corrected chi connectivity index (χ0v) is 12.6. The summed E-state index contributed by atoms with van der Waals surface area (Å²) in [7, 11) is 0. The van der Waals surface area contributed by atoms with Crippen LogP contribution in [0.5, 0.6) is 0 Å². The highest BCUT2D eigenvalue weighted by Gasteiger charge is 2.39. The number of halogens is 2. The van der Waals surface area contributed by atoms with Crippen molar-refractivity contribution in [3.05, 3.63) is 44.9 Å². The van der Waals surface area contributed by atoms with Crippen LogP contribution in [0.3, 0.4) is 0 Å². The number of nitro groups is 1. The minimum absolute atomic E-state index is 0.408. The van der Waals surface area contributed by atoms with Crippen LogP contribution in [0.4, 0.5) is 15.8 Å². The topological polar surface area (TPSA) is 108 Å². The molecule has 1 N–H and O–H groups in total. The summed E-state index contributed by atoms with van der Waals surface area (Å²) < 4.78 is 23.1. The molecule has 0 spiro atoms. The zero-order valence-electron chi connectivity index (χ0n) is 11.9. The third-order valence-electron chi connectivity index (χ3n) is 2.75. The van der Waals surface area contributed by atoms with Crippen LogP contribution in [0.1, 0.15) is 13.8 Å². The van der Waals surface area contributed by atoms with Gasteiger partial charge in [0.1, 0.15) is 16.5 Å². The van der Waals surface area contributed by atoms with Gasteiger partial charge in [0.05, 0.1) is 4.92 Å². The lowest BCUT2D eigenvalue weighted by atomic mass is 10.2. The highest BCUT2D eigenvalue weighted by atomic mass is 35.5. The Hall–Kier alpha value is -2.68. The number of anilines is 1. The molecule has 0 unspecified atom stereocenters. The molecule has 1 aliphatic rings. The van der Waals surface area contributed by atoms with Crippen molar-refractivity contribution in [2.45, 2.75) is 19.6 Å². The molecular weight excluding hydrogens is 335 g/mol. The first kappa shape index (κ1) is 16.7. The highest BCUT2D eigenvalue weighted by Crippen LogP contribution is 2.34. The normalized spacial score (nSPS) is 16.4. The lowest BCUT2D eigenvalue weighted by Crippen LogP contribution is -2.42. The molecule has 10 heteroatoms. The van der Waals surface area contributed by atoms with Gasteiger partial charge < -0.3 is 14.8 Å². The van der Waals surface area contributed by atoms with E-state index in [2.05, 4.69) is 5.32 Å². The maximum absolute atomic E-state index is 13.4. The molecule has 1 aliphatic heterocycles. The second-order valence-corrected chi connectivity index (χ2v) is 5.27. The predicted octanol–water partition coefficient (Wildman–Crippen LogP) is 2.52. The SMILES string of the molecule is CC1(C)OC(=O)C(=CNc2c([N+](=O)[O-])ccc(F)c2Cl)C(=O)O1. The van der Waals surface area contributed by atoms with Gasteiger partial charge in [-0.3, -0.25) is 10.1 Å². The van der Waals surface area contributed by atoms with Gasteiger partial charge in [0.15, 0.2) is 5.57 Å². The molecular formula is C13H10ClFN2O6. The molecule has 0 aromatic heterocycles. The van der Waals surface area contributed by atoms with Crippen molar-refractivity contribution in [3.63, 3.8) is 0 Å². The number of hydrogen-bond acceptors (Lipinski definition) is 7. The van der Waals surface area contributed by atoms with E-state index in [1.165, 1.54) is 13.8 Å². The number of cyclic esters (lactones) is 2. The Balaban J connectivity index is 2.37. The number of rotatable bonds is 3. The molecule has 23 heavy (non-hydrogen) atoms. The molecule has 0 bridgehead atoms. The molecule has 0 amide bonds. The minimum Gasteiger partial charge on any atom is -0.419 e. The Bertz CT molecular complexity index is 724. The molecule has 0 aliphatic carbocycles. The van der Waals surface area contributed by atoms with E-state index in [0.717, 1.165) is 18.3 Å². The van der Waals surface area contributed by atoms with Crippen molar-refractivity contribution in [1.82, 2.24) is 0 Å². The number of hydrogen-bond donors (Lipinski definition) is 1. The van der Waals surface area contributed by atoms with E-state index in [9.17, 15) is 24.1 Å². The first-order valence-electron chi connectivity index (χ1n) is 6.18. The Morgan fingerprint density at radius 3 is 2.39 bits per heavy atom. The minimum atomic E-state index is -1.42. The first-order chi connectivity index (χ1) is 10.6. The lowest BCUT2D eigenvalue weighted by Gasteiger charge is -2.29. The molecule has 1 aromatic carbocycles. The van der Waals surface area contributed by atoms with Crippen LogP contribution >= 0.6 is 11.6 Å². The summed E-state index contributed by atoms with van der Waals surface area (Å²) in [6.45, 7) is 2.72. The summed E-state index contributed by atoms with van der Waals surface area (Å²) in [4.78, 5) is 33.6. The number of carbonyl (C=O) groups is 2. The van der Waals surface area contributed by atoms with Gasteiger partial charge in [-0.15, -0.1) is 0 Å². The van der Waals surface area contributed by atoms with Crippen LogP contribution in [-0.4, -0.2) is 22.6 Å². The van der Waals surface area contributed by atoms with E-state index < -0.39 is 50.4 Å². The Kier molecular flexibility index (Phi) is 4.24. The van der Waals surface area contributed by atoms with Crippen LogP contribution in [0, 0.1) is 15.9 Å². The quantitative estimate of drug-likeness (QED) is 0.295. The van der Waals surface area contributed by atoms with Gasteiger partial charge in [-0.1, -0.05) is 11.6 Å². The van der Waals surface area contributed by atoms with Crippen molar-refractivity contribution in [1.29, 1.82) is 0 Å². The number of carbonyl (C=O) groups excluding carboxylic acids is 2. The Labute approximate surface area is 134 Å². The largest absolute Gasteiger partial charge is 0.419 e. The third-order valence-corrected chi connectivity index (χ3v) is 3.12. The zero-order chi connectivity index (χ0) is 17.4. The third kappa shape index (κ3) is 3.39. The fourth-order valence-corrected chi connectivity index (χ4v) is 1.97. The van der Waals surface area contributed by atoms with Crippen molar-refractivity contribution in [3.8, 4) is 0 Å². The van der Waals surface area contributed by atoms with Gasteiger partial charge in [0.2, 0.25) is 0 Å². The van der Waals surface area contributed by atoms with Gasteiger partial charge in [-0.2, -0.15) is 0 Å². The number of nitro benzene ring substituents is 1. The lowest BCUT2D eigenvalue weighted by molar-refractivity contribution is -0.384. The van der Waals surface area contributed by atoms with Crippen LogP contribution in [-0.2, 0) is 19.1 Å². The number of nitrogens with zero attached hydrogens (tertiary/aromatic N) is 1. The molecule has 122 valence electrons. The first-order valence-corrected chi connectivity index (χ1v) is 6.56. The van der Waals surface area contributed by atoms with Gasteiger partial charge in [0.25, 0.3) is 11.5 Å². The summed E-state index contributed by atoms with van der Waals surface area (Å²) in [6, 6.07) is 1.72. The van der Waals surface area contributed by atoms with Crippen LogP contribution in [0.2, 0.25) is 5.02 Å². The van der Waals surface area contributed by atoms with Crippen LogP contribution in [0.15, 0.2) is 23.9 Å². The predicted molar refractivity (Wildman–Crippen MR) is 76.0 cm³/mol. The van der Waals surface area contributed by atoms with E-state index in [1.54, 1.807) is 0 Å². The Morgan fingerprint density at radius 2 is 1.87 bits per heavy atom. The van der Waals surface area contributed by atoms with Crippen molar-refractivity contribution >= 4 is 34.9 Å². The summed E-state index contributed by atoms with van der Waals surface area (Å²) in [5, 5.41) is 12.7. The van der Waals surface area contributed by atoms with E-state index >= 15 is 0 Å². The summed E-state index contributed by atoms with van der Waals surface area (Å²) in [6.07, 6.45) is 0.813. The number of benzene rings is 1. The molecule has 0 saturated carbocycles. The molecule has 1 fully saturated rings. The molecule has 1 heterocycles. The van der Waals surface area contributed by atoms with E-state index in [0.29, 0.717) is 0 Å². The van der Waals surface area contributed by atoms with Gasteiger partial charge in [-0.25, -0.2) is 14.0 Å². The average molecular weight is 345 g/mol. The second-order valence-electron chi connectivity index (χ2n) is 4.89. The second kappa shape index (κ2) is 5.84. The van der Waals surface area contributed by atoms with Crippen molar-refractivity contribution < 1.29 is 28.4 Å². The maximum atomic E-state index is 13.4. The smallest absolute Gasteiger partial charge is 0.350 e. The van der Waals surface area contributed by atoms with Crippen LogP contribution < -0.4 is 5.32 Å². The molecule has 2 rings (SSSR count). The summed E-state index contributed by atoms with van der Waals surface area (Å²) in [5.74, 6) is -4.32. The monoisotopic (exact) mass is 344 g/mol. The standard InChI is InChI=1S/C13H10ClFN2O6/c1-13(2)22-11(18)6(12(19)23-13)5-16-10-8(17(20)21)4-3-7(15)9(10)14/h3-5,16H,1-2H3. The van der Waals surface area contributed by atoms with Crippen molar-refractivity contribution in [2.75, 3.05) is 5.32 Å². The average Bonchev–Trinajstić information content (AvgIpc) is 2.40. The fraction of sp³-hybridized carbons (Fsp3) is 0.231. The van der Waals surface area contributed by atoms with Crippen LogP contribution in [0.25, 0.3) is 0 Å². The highest BCUT2D eigenvalue weighted by molar-refractivity contribution is 6.34. The van der Waals surface area contributed by atoms with Crippen molar-refractivity contribution in [2.24, 2.45) is 0 Å². The number of esters is 2. The molecule has 0 radical (unpaired) electrons. The molecule has 1 saturated heterocycles. The summed E-state index contributed by atoms with van der Waals surface area (Å²) in [5.41, 5.74) is -1.49. The Morgan fingerprint density at radius 1 is 1.30 bits per heavy atom. The van der Waals surface area contributed by atoms with Gasteiger partial charge >= 0.3 is 11.9 Å². The maximum Gasteiger partial charge on any atom is 0.350 e. The van der Waals surface area contributed by atoms with E-state index in [-0.39, 0.29) is 0 Å². The summed E-state index contributed by atoms with van der Waals surface area (Å²) >= 11 is 5.67. The number of nitrogens with one attached hydrogen (secondary N) is 1. The molecule has 1 aromatic rings. The molecule has 8 nitrogen and oxygen atoms in total. The van der Waals surface area contributed by atoms with Gasteiger partial charge in [0, 0.05) is 26.1 Å². The van der Waals surface area contributed by atoms with Gasteiger partial charge in [-0.05, 0) is 6.07 Å². The van der Waals surface area contributed by atoms with E-state index in [1.807, 2.05) is 0 Å². The fourth-order valence-electron chi connectivity index (χ4n) is 1.75. The molecule has 0 atom stereocenters. The van der Waals surface area contributed by atoms with E-state index in [4.69, 9.17) is 21.1 Å².